The van der Waals surface area contributed by atoms with Gasteiger partial charge in [0.2, 0.25) is 0 Å². The van der Waals surface area contributed by atoms with Gasteiger partial charge in [-0.3, -0.25) is 0 Å². The first-order valence-corrected chi connectivity index (χ1v) is 6.48. The fourth-order valence-electron chi connectivity index (χ4n) is 2.02. The fraction of sp³-hybridized carbons (Fsp3) is 0.250. The minimum absolute atomic E-state index is 0.106. The van der Waals surface area contributed by atoms with E-state index in [1.165, 1.54) is 12.1 Å². The summed E-state index contributed by atoms with van der Waals surface area (Å²) >= 11 is 0. The molecular formula is C16H18FNO2. The smallest absolute Gasteiger partial charge is 0.138 e. The van der Waals surface area contributed by atoms with Crippen molar-refractivity contribution in [1.29, 1.82) is 0 Å². The topological polar surface area (TPSA) is 55.5 Å². The molecule has 0 aromatic heterocycles. The Balaban J connectivity index is 2.28. The van der Waals surface area contributed by atoms with Crippen LogP contribution in [0.25, 0.3) is 0 Å². The number of aliphatic hydroxyl groups is 1. The summed E-state index contributed by atoms with van der Waals surface area (Å²) in [5.41, 5.74) is 7.46. The average molecular weight is 275 g/mol. The van der Waals surface area contributed by atoms with Crippen LogP contribution in [-0.2, 0) is 6.61 Å². The SMILES string of the molecule is CC(N)C(Oc1ccccc1CO)c1ccc(F)cc1. The summed E-state index contributed by atoms with van der Waals surface area (Å²) in [6.07, 6.45) is -0.400. The van der Waals surface area contributed by atoms with Crippen LogP contribution < -0.4 is 10.5 Å². The minimum atomic E-state index is -0.400. The summed E-state index contributed by atoms with van der Waals surface area (Å²) in [5, 5.41) is 9.32. The van der Waals surface area contributed by atoms with Crippen LogP contribution in [0.5, 0.6) is 5.75 Å². The highest BCUT2D eigenvalue weighted by Crippen LogP contribution is 2.27. The fourth-order valence-corrected chi connectivity index (χ4v) is 2.02. The van der Waals surface area contributed by atoms with Gasteiger partial charge in [-0.05, 0) is 30.7 Å². The van der Waals surface area contributed by atoms with Crippen molar-refractivity contribution in [2.75, 3.05) is 0 Å². The van der Waals surface area contributed by atoms with Crippen LogP contribution in [0.4, 0.5) is 4.39 Å². The number of hydrogen-bond donors (Lipinski definition) is 2. The number of hydrogen-bond acceptors (Lipinski definition) is 3. The van der Waals surface area contributed by atoms with Crippen molar-refractivity contribution >= 4 is 0 Å². The highest BCUT2D eigenvalue weighted by atomic mass is 19.1. The largest absolute Gasteiger partial charge is 0.484 e. The second-order valence-electron chi connectivity index (χ2n) is 4.71. The lowest BCUT2D eigenvalue weighted by molar-refractivity contribution is 0.173. The Hall–Kier alpha value is -1.91. The van der Waals surface area contributed by atoms with Crippen molar-refractivity contribution in [2.24, 2.45) is 5.73 Å². The maximum Gasteiger partial charge on any atom is 0.138 e. The third kappa shape index (κ3) is 3.35. The molecule has 0 radical (unpaired) electrons. The Kier molecular flexibility index (Phi) is 4.71. The van der Waals surface area contributed by atoms with Crippen molar-refractivity contribution in [1.82, 2.24) is 0 Å². The monoisotopic (exact) mass is 275 g/mol. The van der Waals surface area contributed by atoms with E-state index < -0.39 is 6.10 Å². The van der Waals surface area contributed by atoms with Crippen molar-refractivity contribution in [3.8, 4) is 5.75 Å². The number of ether oxygens (including phenoxy) is 1. The molecule has 4 heteroatoms. The highest BCUT2D eigenvalue weighted by Gasteiger charge is 2.19. The summed E-state index contributed by atoms with van der Waals surface area (Å²) in [4.78, 5) is 0. The molecule has 3 N–H and O–H groups in total. The summed E-state index contributed by atoms with van der Waals surface area (Å²) in [5.74, 6) is 0.287. The normalized spacial score (nSPS) is 13.8. The van der Waals surface area contributed by atoms with E-state index in [2.05, 4.69) is 0 Å². The van der Waals surface area contributed by atoms with E-state index in [1.807, 2.05) is 19.1 Å². The molecule has 2 aromatic carbocycles. The molecule has 0 aliphatic rings. The third-order valence-corrected chi connectivity index (χ3v) is 3.07. The summed E-state index contributed by atoms with van der Waals surface area (Å²) in [6.45, 7) is 1.72. The Morgan fingerprint density at radius 2 is 1.80 bits per heavy atom. The van der Waals surface area contributed by atoms with Gasteiger partial charge in [0.1, 0.15) is 17.7 Å². The molecule has 2 aromatic rings. The average Bonchev–Trinajstić information content (AvgIpc) is 2.46. The van der Waals surface area contributed by atoms with Crippen LogP contribution in [0.1, 0.15) is 24.2 Å². The lowest BCUT2D eigenvalue weighted by atomic mass is 10.0. The quantitative estimate of drug-likeness (QED) is 0.882. The van der Waals surface area contributed by atoms with Gasteiger partial charge >= 0.3 is 0 Å². The Morgan fingerprint density at radius 1 is 1.15 bits per heavy atom. The van der Waals surface area contributed by atoms with E-state index in [1.54, 1.807) is 24.3 Å². The Morgan fingerprint density at radius 3 is 2.40 bits per heavy atom. The van der Waals surface area contributed by atoms with E-state index >= 15 is 0 Å². The maximum atomic E-state index is 13.0. The van der Waals surface area contributed by atoms with Gasteiger partial charge in [-0.2, -0.15) is 0 Å². The molecule has 3 nitrogen and oxygen atoms in total. The minimum Gasteiger partial charge on any atom is -0.484 e. The zero-order chi connectivity index (χ0) is 14.5. The Labute approximate surface area is 117 Å². The molecule has 20 heavy (non-hydrogen) atoms. The zero-order valence-corrected chi connectivity index (χ0v) is 11.3. The Bertz CT molecular complexity index is 555. The van der Waals surface area contributed by atoms with E-state index in [0.717, 1.165) is 5.56 Å². The first kappa shape index (κ1) is 14.5. The number of nitrogens with two attached hydrogens (primary N) is 1. The van der Waals surface area contributed by atoms with Gasteiger partial charge in [-0.15, -0.1) is 0 Å². The maximum absolute atomic E-state index is 13.0. The van der Waals surface area contributed by atoms with Crippen molar-refractivity contribution in [2.45, 2.75) is 25.7 Å². The van der Waals surface area contributed by atoms with Crippen LogP contribution >= 0.6 is 0 Å². The first-order chi connectivity index (χ1) is 9.61. The predicted octanol–water partition coefficient (Wildman–Crippen LogP) is 2.79. The van der Waals surface area contributed by atoms with Gasteiger partial charge in [-0.1, -0.05) is 30.3 Å². The molecule has 0 bridgehead atoms. The summed E-state index contributed by atoms with van der Waals surface area (Å²) in [6, 6.07) is 13.0. The zero-order valence-electron chi connectivity index (χ0n) is 11.3. The van der Waals surface area contributed by atoms with Gasteiger partial charge in [0, 0.05) is 11.6 Å². The van der Waals surface area contributed by atoms with Crippen molar-refractivity contribution < 1.29 is 14.2 Å². The van der Waals surface area contributed by atoms with Crippen molar-refractivity contribution in [3.05, 3.63) is 65.5 Å². The molecule has 0 fully saturated rings. The van der Waals surface area contributed by atoms with Gasteiger partial charge in [-0.25, -0.2) is 4.39 Å². The number of rotatable bonds is 5. The van der Waals surface area contributed by atoms with Gasteiger partial charge < -0.3 is 15.6 Å². The van der Waals surface area contributed by atoms with E-state index in [4.69, 9.17) is 10.5 Å². The number of para-hydroxylation sites is 1. The molecule has 0 aliphatic heterocycles. The number of benzene rings is 2. The summed E-state index contributed by atoms with van der Waals surface area (Å²) in [7, 11) is 0. The van der Waals surface area contributed by atoms with Crippen LogP contribution in [0, 0.1) is 5.82 Å². The molecule has 2 unspecified atom stereocenters. The molecule has 2 atom stereocenters. The van der Waals surface area contributed by atoms with Crippen LogP contribution in [0.3, 0.4) is 0 Å². The lowest BCUT2D eigenvalue weighted by Gasteiger charge is -2.24. The number of aliphatic hydroxyl groups excluding tert-OH is 1. The molecule has 0 aliphatic carbocycles. The summed E-state index contributed by atoms with van der Waals surface area (Å²) < 4.78 is 18.9. The second-order valence-corrected chi connectivity index (χ2v) is 4.71. The first-order valence-electron chi connectivity index (χ1n) is 6.48. The molecule has 0 amide bonds. The highest BCUT2D eigenvalue weighted by molar-refractivity contribution is 5.34. The van der Waals surface area contributed by atoms with E-state index in [0.29, 0.717) is 11.3 Å². The third-order valence-electron chi connectivity index (χ3n) is 3.07. The van der Waals surface area contributed by atoms with Crippen LogP contribution in [-0.4, -0.2) is 11.1 Å². The molecular weight excluding hydrogens is 257 g/mol. The van der Waals surface area contributed by atoms with Gasteiger partial charge in [0.25, 0.3) is 0 Å². The molecule has 0 heterocycles. The van der Waals surface area contributed by atoms with Gasteiger partial charge in [0.05, 0.1) is 6.61 Å². The second kappa shape index (κ2) is 6.50. The van der Waals surface area contributed by atoms with E-state index in [-0.39, 0.29) is 18.5 Å². The predicted molar refractivity (Wildman–Crippen MR) is 75.8 cm³/mol. The molecule has 0 saturated carbocycles. The standard InChI is InChI=1S/C16H18FNO2/c1-11(18)16(12-6-8-14(17)9-7-12)20-15-5-3-2-4-13(15)10-19/h2-9,11,16,19H,10,18H2,1H3. The van der Waals surface area contributed by atoms with Gasteiger partial charge in [0.15, 0.2) is 0 Å². The molecule has 0 spiro atoms. The molecule has 2 rings (SSSR count). The molecule has 0 saturated heterocycles. The van der Waals surface area contributed by atoms with Crippen LogP contribution in [0.2, 0.25) is 0 Å². The number of halogens is 1. The lowest BCUT2D eigenvalue weighted by Crippen LogP contribution is -2.29. The van der Waals surface area contributed by atoms with E-state index in [9.17, 15) is 9.50 Å². The van der Waals surface area contributed by atoms with Crippen LogP contribution in [0.15, 0.2) is 48.5 Å². The molecule has 106 valence electrons. The van der Waals surface area contributed by atoms with Crippen molar-refractivity contribution in [3.63, 3.8) is 0 Å².